The minimum Gasteiger partial charge on any atom is -0.309 e. The van der Waals surface area contributed by atoms with Crippen LogP contribution in [0, 0.1) is 0 Å². The van der Waals surface area contributed by atoms with Gasteiger partial charge in [0, 0.05) is 43.3 Å². The van der Waals surface area contributed by atoms with Crippen molar-refractivity contribution in [2.24, 2.45) is 0 Å². The molecule has 276 valence electrons. The first-order valence-corrected chi connectivity index (χ1v) is 20.4. The van der Waals surface area contributed by atoms with Crippen molar-refractivity contribution in [1.82, 2.24) is 19.1 Å². The SMILES string of the molecule is CC1(C)c2ccccc2-c2c(-c3nc(-n4c5ccccc5c5cc6cccc(-n7c8ccccc8c8c9ccccc9ccc87)c6cc54)nc4ccccc34)cccc21. The molecular formula is C55H36N4. The summed E-state index contributed by atoms with van der Waals surface area (Å²) >= 11 is 0. The average molecular weight is 753 g/mol. The van der Waals surface area contributed by atoms with Crippen molar-refractivity contribution in [3.8, 4) is 34.0 Å². The lowest BCUT2D eigenvalue weighted by molar-refractivity contribution is 0.660. The van der Waals surface area contributed by atoms with Crippen molar-refractivity contribution in [1.29, 1.82) is 0 Å². The number of hydrogen-bond donors (Lipinski definition) is 0. The van der Waals surface area contributed by atoms with Gasteiger partial charge in [-0.2, -0.15) is 0 Å². The van der Waals surface area contributed by atoms with Crippen molar-refractivity contribution in [3.05, 3.63) is 193 Å². The molecule has 0 unspecified atom stereocenters. The molecule has 0 amide bonds. The highest BCUT2D eigenvalue weighted by atomic mass is 15.2. The Morgan fingerprint density at radius 2 is 1.07 bits per heavy atom. The Labute approximate surface area is 340 Å². The molecule has 59 heavy (non-hydrogen) atoms. The highest BCUT2D eigenvalue weighted by Gasteiger charge is 2.37. The molecule has 0 fully saturated rings. The van der Waals surface area contributed by atoms with Gasteiger partial charge in [-0.3, -0.25) is 4.57 Å². The topological polar surface area (TPSA) is 35.6 Å². The van der Waals surface area contributed by atoms with E-state index in [1.54, 1.807) is 0 Å². The van der Waals surface area contributed by atoms with Crippen LogP contribution in [-0.2, 0) is 5.41 Å². The van der Waals surface area contributed by atoms with E-state index in [4.69, 9.17) is 9.97 Å². The fourth-order valence-electron chi connectivity index (χ4n) is 10.5. The molecule has 0 spiro atoms. The fourth-order valence-corrected chi connectivity index (χ4v) is 10.5. The number of para-hydroxylation sites is 3. The van der Waals surface area contributed by atoms with E-state index in [1.165, 1.54) is 76.4 Å². The lowest BCUT2D eigenvalue weighted by Crippen LogP contribution is -2.14. The zero-order chi connectivity index (χ0) is 39.0. The van der Waals surface area contributed by atoms with Crippen molar-refractivity contribution in [2.75, 3.05) is 0 Å². The Balaban J connectivity index is 1.12. The Morgan fingerprint density at radius 1 is 0.407 bits per heavy atom. The summed E-state index contributed by atoms with van der Waals surface area (Å²) in [6, 6.07) is 66.3. The third-order valence-corrected chi connectivity index (χ3v) is 13.1. The van der Waals surface area contributed by atoms with Gasteiger partial charge in [-0.1, -0.05) is 153 Å². The summed E-state index contributed by atoms with van der Waals surface area (Å²) < 4.78 is 4.75. The smallest absolute Gasteiger partial charge is 0.235 e. The average Bonchev–Trinajstić information content (AvgIpc) is 3.88. The van der Waals surface area contributed by atoms with E-state index >= 15 is 0 Å². The summed E-state index contributed by atoms with van der Waals surface area (Å²) in [5.41, 5.74) is 13.8. The standard InChI is InChI=1S/C55H36N4/c1-55(2)43-23-9-5-19-37(43)51-40(22-14-24-44(51)55)53-38-20-6-10-25-45(38)56-54(57-53)59-46-26-11-7-18-36(46)42-31-34-16-13-28-48(41(34)32-50(42)59)58-47-27-12-8-21-39(47)52-35-17-4-3-15-33(35)29-30-49(52)58/h3-32H,1-2H3. The molecule has 0 N–H and O–H groups in total. The van der Waals surface area contributed by atoms with Gasteiger partial charge in [-0.05, 0) is 80.9 Å². The van der Waals surface area contributed by atoms with E-state index in [2.05, 4.69) is 205 Å². The number of fused-ring (bicyclic) bond motifs is 13. The van der Waals surface area contributed by atoms with Crippen molar-refractivity contribution < 1.29 is 0 Å². The first kappa shape index (κ1) is 32.5. The number of nitrogens with zero attached hydrogens (tertiary/aromatic N) is 4. The summed E-state index contributed by atoms with van der Waals surface area (Å²) in [6.07, 6.45) is 0. The van der Waals surface area contributed by atoms with Gasteiger partial charge in [0.05, 0.1) is 39.0 Å². The second-order valence-electron chi connectivity index (χ2n) is 16.5. The fraction of sp³-hybridized carbons (Fsp3) is 0.0545. The van der Waals surface area contributed by atoms with E-state index in [0.29, 0.717) is 5.95 Å². The van der Waals surface area contributed by atoms with Gasteiger partial charge in [-0.15, -0.1) is 0 Å². The van der Waals surface area contributed by atoms with Gasteiger partial charge in [0.25, 0.3) is 0 Å². The molecule has 3 aromatic heterocycles. The minimum atomic E-state index is -0.122. The molecule has 0 radical (unpaired) electrons. The van der Waals surface area contributed by atoms with Crippen molar-refractivity contribution in [2.45, 2.75) is 19.3 Å². The van der Waals surface area contributed by atoms with E-state index in [1.807, 2.05) is 0 Å². The summed E-state index contributed by atoms with van der Waals surface area (Å²) in [4.78, 5) is 11.0. The predicted octanol–water partition coefficient (Wildman–Crippen LogP) is 14.1. The van der Waals surface area contributed by atoms with E-state index < -0.39 is 0 Å². The van der Waals surface area contributed by atoms with E-state index in [0.717, 1.165) is 38.9 Å². The molecular weight excluding hydrogens is 717 g/mol. The third-order valence-electron chi connectivity index (χ3n) is 13.1. The zero-order valence-corrected chi connectivity index (χ0v) is 32.6. The van der Waals surface area contributed by atoms with Gasteiger partial charge in [0.1, 0.15) is 0 Å². The summed E-state index contributed by atoms with van der Waals surface area (Å²) in [5.74, 6) is 0.660. The van der Waals surface area contributed by atoms with Gasteiger partial charge >= 0.3 is 0 Å². The van der Waals surface area contributed by atoms with E-state index in [-0.39, 0.29) is 5.41 Å². The third kappa shape index (κ3) is 4.38. The van der Waals surface area contributed by atoms with Crippen LogP contribution in [-0.4, -0.2) is 19.1 Å². The Morgan fingerprint density at radius 3 is 1.95 bits per heavy atom. The monoisotopic (exact) mass is 752 g/mol. The van der Waals surface area contributed by atoms with Gasteiger partial charge < -0.3 is 4.57 Å². The molecule has 0 saturated heterocycles. The van der Waals surface area contributed by atoms with Crippen LogP contribution in [0.1, 0.15) is 25.0 Å². The second-order valence-corrected chi connectivity index (χ2v) is 16.5. The molecule has 0 saturated carbocycles. The molecule has 1 aliphatic rings. The number of benzene rings is 9. The second kappa shape index (κ2) is 11.7. The number of aromatic nitrogens is 4. The van der Waals surface area contributed by atoms with Crippen LogP contribution in [0.3, 0.4) is 0 Å². The van der Waals surface area contributed by atoms with Gasteiger partial charge in [-0.25, -0.2) is 9.97 Å². The zero-order valence-electron chi connectivity index (χ0n) is 32.6. The molecule has 4 nitrogen and oxygen atoms in total. The summed E-state index contributed by atoms with van der Waals surface area (Å²) in [7, 11) is 0. The molecule has 4 heteroatoms. The summed E-state index contributed by atoms with van der Waals surface area (Å²) in [5, 5.41) is 10.8. The van der Waals surface area contributed by atoms with Crippen molar-refractivity contribution in [3.63, 3.8) is 0 Å². The molecule has 0 atom stereocenters. The van der Waals surface area contributed by atoms with Gasteiger partial charge in [0.2, 0.25) is 5.95 Å². The Bertz CT molecular complexity index is 3770. The molecule has 0 aliphatic heterocycles. The quantitative estimate of drug-likeness (QED) is 0.180. The first-order valence-electron chi connectivity index (χ1n) is 20.4. The maximum Gasteiger partial charge on any atom is 0.235 e. The maximum absolute atomic E-state index is 5.62. The highest BCUT2D eigenvalue weighted by molar-refractivity contribution is 6.22. The Hall–Kier alpha value is -7.56. The minimum absolute atomic E-state index is 0.122. The molecule has 9 aromatic carbocycles. The molecule has 3 heterocycles. The van der Waals surface area contributed by atoms with Crippen LogP contribution >= 0.6 is 0 Å². The van der Waals surface area contributed by atoms with E-state index in [9.17, 15) is 0 Å². The Kier molecular flexibility index (Phi) is 6.48. The number of hydrogen-bond acceptors (Lipinski definition) is 2. The van der Waals surface area contributed by atoms with Crippen LogP contribution in [0.15, 0.2) is 182 Å². The maximum atomic E-state index is 5.62. The largest absolute Gasteiger partial charge is 0.309 e. The highest BCUT2D eigenvalue weighted by Crippen LogP contribution is 2.52. The number of rotatable bonds is 3. The molecule has 0 bridgehead atoms. The van der Waals surface area contributed by atoms with Crippen molar-refractivity contribution >= 4 is 76.1 Å². The van der Waals surface area contributed by atoms with Crippen LogP contribution in [0.4, 0.5) is 0 Å². The van der Waals surface area contributed by atoms with Crippen LogP contribution in [0.25, 0.3) is 110 Å². The van der Waals surface area contributed by atoms with Crippen LogP contribution in [0.5, 0.6) is 0 Å². The lowest BCUT2D eigenvalue weighted by Gasteiger charge is -2.21. The van der Waals surface area contributed by atoms with Crippen LogP contribution in [0.2, 0.25) is 0 Å². The lowest BCUT2D eigenvalue weighted by atomic mass is 9.82. The molecule has 12 aromatic rings. The summed E-state index contributed by atoms with van der Waals surface area (Å²) in [6.45, 7) is 4.67. The first-order chi connectivity index (χ1) is 29.0. The molecule has 1 aliphatic carbocycles. The molecule has 13 rings (SSSR count). The van der Waals surface area contributed by atoms with Crippen LogP contribution < -0.4 is 0 Å². The van der Waals surface area contributed by atoms with Gasteiger partial charge in [0.15, 0.2) is 0 Å². The normalized spacial score (nSPS) is 13.4. The predicted molar refractivity (Wildman–Crippen MR) is 246 cm³/mol.